The second-order valence-electron chi connectivity index (χ2n) is 6.47. The molecule has 1 N–H and O–H groups in total. The first-order valence-electron chi connectivity index (χ1n) is 8.06. The van der Waals surface area contributed by atoms with Crippen molar-refractivity contribution in [1.82, 2.24) is 10.2 Å². The van der Waals surface area contributed by atoms with Gasteiger partial charge in [0.25, 0.3) is 0 Å². The van der Waals surface area contributed by atoms with Crippen LogP contribution >= 0.6 is 0 Å². The molecule has 0 aromatic carbocycles. The van der Waals surface area contributed by atoms with Crippen molar-refractivity contribution in [3.63, 3.8) is 0 Å². The largest absolute Gasteiger partial charge is 0.317 e. The Hall–Kier alpha value is -0.0800. The average Bonchev–Trinajstić information content (AvgIpc) is 2.40. The second-order valence-corrected chi connectivity index (χ2v) is 6.47. The van der Waals surface area contributed by atoms with Crippen LogP contribution < -0.4 is 5.32 Å². The van der Waals surface area contributed by atoms with Crippen molar-refractivity contribution in [1.29, 1.82) is 0 Å². The molecular formula is C16H34N2. The van der Waals surface area contributed by atoms with Crippen LogP contribution in [0.5, 0.6) is 0 Å². The first kappa shape index (κ1) is 16.0. The highest BCUT2D eigenvalue weighted by Gasteiger charge is 2.15. The fourth-order valence-corrected chi connectivity index (χ4v) is 3.08. The van der Waals surface area contributed by atoms with Crippen molar-refractivity contribution in [3.05, 3.63) is 0 Å². The third-order valence-corrected chi connectivity index (χ3v) is 4.51. The molecule has 0 bridgehead atoms. The maximum absolute atomic E-state index is 3.37. The molecule has 0 amide bonds. The number of hydrogen-bond donors (Lipinski definition) is 1. The number of likely N-dealkylation sites (tertiary alicyclic amines) is 1. The molecule has 2 aliphatic rings. The van der Waals surface area contributed by atoms with Crippen molar-refractivity contribution >= 4 is 0 Å². The van der Waals surface area contributed by atoms with Crippen LogP contribution in [-0.2, 0) is 0 Å². The molecule has 2 aliphatic heterocycles. The van der Waals surface area contributed by atoms with Gasteiger partial charge in [0.15, 0.2) is 0 Å². The summed E-state index contributed by atoms with van der Waals surface area (Å²) in [6, 6.07) is 0. The van der Waals surface area contributed by atoms with Gasteiger partial charge in [0.05, 0.1) is 0 Å². The van der Waals surface area contributed by atoms with Gasteiger partial charge in [0, 0.05) is 6.54 Å². The Kier molecular flexibility index (Phi) is 7.92. The van der Waals surface area contributed by atoms with Gasteiger partial charge in [-0.25, -0.2) is 0 Å². The molecule has 2 heterocycles. The lowest BCUT2D eigenvalue weighted by Gasteiger charge is -2.29. The van der Waals surface area contributed by atoms with Crippen molar-refractivity contribution in [2.75, 3.05) is 32.7 Å². The van der Waals surface area contributed by atoms with Crippen molar-refractivity contribution in [2.24, 2.45) is 17.8 Å². The fraction of sp³-hybridized carbons (Fsp3) is 1.00. The summed E-state index contributed by atoms with van der Waals surface area (Å²) >= 11 is 0. The van der Waals surface area contributed by atoms with E-state index in [2.05, 4.69) is 37.9 Å². The van der Waals surface area contributed by atoms with E-state index in [9.17, 15) is 0 Å². The topological polar surface area (TPSA) is 15.3 Å². The molecule has 0 saturated carbocycles. The monoisotopic (exact) mass is 254 g/mol. The molecule has 2 rings (SSSR count). The van der Waals surface area contributed by atoms with Crippen molar-refractivity contribution in [3.8, 4) is 0 Å². The van der Waals surface area contributed by atoms with E-state index in [1.54, 1.807) is 0 Å². The van der Waals surface area contributed by atoms with Gasteiger partial charge in [-0.1, -0.05) is 27.7 Å². The molecule has 0 aliphatic carbocycles. The normalized spacial score (nSPS) is 26.8. The number of piperidine rings is 2. The summed E-state index contributed by atoms with van der Waals surface area (Å²) in [4.78, 5) is 2.54. The van der Waals surface area contributed by atoms with E-state index in [1.165, 1.54) is 58.4 Å². The first-order valence-corrected chi connectivity index (χ1v) is 8.06. The van der Waals surface area contributed by atoms with Crippen LogP contribution in [0.15, 0.2) is 0 Å². The van der Waals surface area contributed by atoms with E-state index in [1.807, 2.05) is 0 Å². The maximum Gasteiger partial charge on any atom is 0.000691 e. The molecule has 2 fully saturated rings. The predicted molar refractivity (Wildman–Crippen MR) is 80.9 cm³/mol. The highest BCUT2D eigenvalue weighted by atomic mass is 15.1. The number of nitrogens with zero attached hydrogens (tertiary/aromatic N) is 1. The van der Waals surface area contributed by atoms with Gasteiger partial charge in [-0.15, -0.1) is 0 Å². The maximum atomic E-state index is 3.37. The molecule has 2 nitrogen and oxygen atoms in total. The summed E-state index contributed by atoms with van der Waals surface area (Å²) in [5, 5.41) is 3.37. The van der Waals surface area contributed by atoms with Crippen molar-refractivity contribution in [2.45, 2.75) is 53.4 Å². The minimum atomic E-state index is 0.895. The van der Waals surface area contributed by atoms with Crippen molar-refractivity contribution < 1.29 is 0 Å². The van der Waals surface area contributed by atoms with Crippen LogP contribution in [0, 0.1) is 17.8 Å². The van der Waals surface area contributed by atoms with Gasteiger partial charge in [0.1, 0.15) is 0 Å². The molecule has 2 saturated heterocycles. The second kappa shape index (κ2) is 8.92. The lowest BCUT2D eigenvalue weighted by atomic mass is 9.87. The smallest absolute Gasteiger partial charge is 0.000691 e. The Labute approximate surface area is 115 Å². The van der Waals surface area contributed by atoms with Crippen LogP contribution in [0.3, 0.4) is 0 Å². The van der Waals surface area contributed by atoms with Gasteiger partial charge < -0.3 is 10.2 Å². The van der Waals surface area contributed by atoms with Crippen LogP contribution in [-0.4, -0.2) is 37.6 Å². The summed E-state index contributed by atoms with van der Waals surface area (Å²) in [5.74, 6) is 2.83. The summed E-state index contributed by atoms with van der Waals surface area (Å²) in [7, 11) is 0. The van der Waals surface area contributed by atoms with Gasteiger partial charge in [-0.3, -0.25) is 0 Å². The lowest BCUT2D eigenvalue weighted by molar-refractivity contribution is 0.192. The number of nitrogens with one attached hydrogen (secondary N) is 1. The summed E-state index contributed by atoms with van der Waals surface area (Å²) < 4.78 is 0. The molecule has 1 atom stereocenters. The highest BCUT2D eigenvalue weighted by Crippen LogP contribution is 2.20. The van der Waals surface area contributed by atoms with E-state index >= 15 is 0 Å². The molecule has 0 spiro atoms. The fourth-order valence-electron chi connectivity index (χ4n) is 3.08. The van der Waals surface area contributed by atoms with E-state index in [-0.39, 0.29) is 0 Å². The van der Waals surface area contributed by atoms with Crippen LogP contribution in [0.1, 0.15) is 53.4 Å². The molecule has 0 aromatic heterocycles. The highest BCUT2D eigenvalue weighted by molar-refractivity contribution is 4.70. The zero-order valence-electron chi connectivity index (χ0n) is 13.0. The standard InChI is InChI=1S/2C8H17N/c1-7(2)8-3-5-9-6-4-8;1-3-9-6-4-5-8(2)7-9/h7-9H,3-6H2,1-2H3;8H,3-7H2,1-2H3/t;8-/m.1/s1. The Morgan fingerprint density at radius 2 is 1.83 bits per heavy atom. The minimum absolute atomic E-state index is 0.895. The molecule has 108 valence electrons. The first-order chi connectivity index (χ1) is 8.63. The van der Waals surface area contributed by atoms with Crippen LogP contribution in [0.25, 0.3) is 0 Å². The number of rotatable bonds is 2. The Morgan fingerprint density at radius 3 is 2.22 bits per heavy atom. The van der Waals surface area contributed by atoms with Gasteiger partial charge >= 0.3 is 0 Å². The quantitative estimate of drug-likeness (QED) is 0.812. The molecule has 0 radical (unpaired) electrons. The third kappa shape index (κ3) is 6.19. The van der Waals surface area contributed by atoms with E-state index in [0.717, 1.165) is 17.8 Å². The predicted octanol–water partition coefficient (Wildman–Crippen LogP) is 3.38. The number of hydrogen-bond acceptors (Lipinski definition) is 2. The van der Waals surface area contributed by atoms with Crippen LogP contribution in [0.2, 0.25) is 0 Å². The average molecular weight is 254 g/mol. The summed E-state index contributed by atoms with van der Waals surface area (Å²) in [5.41, 5.74) is 0. The summed E-state index contributed by atoms with van der Waals surface area (Å²) in [6.45, 7) is 15.6. The van der Waals surface area contributed by atoms with Gasteiger partial charge in [-0.2, -0.15) is 0 Å². The Bertz CT molecular complexity index is 197. The zero-order valence-corrected chi connectivity index (χ0v) is 13.0. The Morgan fingerprint density at radius 1 is 1.17 bits per heavy atom. The lowest BCUT2D eigenvalue weighted by Crippen LogP contribution is -2.33. The molecular weight excluding hydrogens is 220 g/mol. The van der Waals surface area contributed by atoms with Gasteiger partial charge in [0.2, 0.25) is 0 Å². The van der Waals surface area contributed by atoms with Crippen LogP contribution in [0.4, 0.5) is 0 Å². The van der Waals surface area contributed by atoms with E-state index in [0.29, 0.717) is 0 Å². The molecule has 0 aromatic rings. The molecule has 0 unspecified atom stereocenters. The van der Waals surface area contributed by atoms with E-state index in [4.69, 9.17) is 0 Å². The Balaban J connectivity index is 0.000000180. The van der Waals surface area contributed by atoms with Gasteiger partial charge in [-0.05, 0) is 69.6 Å². The molecule has 2 heteroatoms. The minimum Gasteiger partial charge on any atom is -0.317 e. The zero-order chi connectivity index (χ0) is 13.4. The molecule has 18 heavy (non-hydrogen) atoms. The SMILES string of the molecule is CC(C)C1CCNCC1.CCN1CCC[C@@H](C)C1. The summed E-state index contributed by atoms with van der Waals surface area (Å²) in [6.07, 6.45) is 5.63. The van der Waals surface area contributed by atoms with E-state index < -0.39 is 0 Å². The third-order valence-electron chi connectivity index (χ3n) is 4.51.